The fourth-order valence-corrected chi connectivity index (χ4v) is 8.22. The maximum atomic E-state index is 12.1. The van der Waals surface area contributed by atoms with Crippen LogP contribution in [-0.4, -0.2) is 38.8 Å². The lowest BCUT2D eigenvalue weighted by atomic mass is 9.72. The molecule has 4 heteroatoms. The average molecular weight is 346 g/mol. The highest BCUT2D eigenvalue weighted by molar-refractivity contribution is 6.89. The van der Waals surface area contributed by atoms with Crippen LogP contribution in [0.1, 0.15) is 32.1 Å². The summed E-state index contributed by atoms with van der Waals surface area (Å²) in [6, 6.07) is 12.8. The standard InChI is InChI=1S/C20H31NO2Si/c1-23-20(22)21-14-8-12-18-16(9-7-13-19(18)21)15-24(2,3)17-10-5-4-6-11-17/h4-6,10-11,16,18-19H,7-9,12-15H2,1-3H3/t16-,18-,19+/m0/s1. The molecule has 1 aromatic carbocycles. The number of hydrogen-bond acceptors (Lipinski definition) is 2. The Morgan fingerprint density at radius 1 is 1.17 bits per heavy atom. The lowest BCUT2D eigenvalue weighted by Gasteiger charge is -2.48. The topological polar surface area (TPSA) is 29.5 Å². The van der Waals surface area contributed by atoms with Crippen molar-refractivity contribution in [3.05, 3.63) is 30.3 Å². The second-order valence-electron chi connectivity index (χ2n) is 8.18. The van der Waals surface area contributed by atoms with E-state index in [0.29, 0.717) is 12.0 Å². The fraction of sp³-hybridized carbons (Fsp3) is 0.650. The maximum Gasteiger partial charge on any atom is 0.409 e. The molecule has 1 aliphatic heterocycles. The third-order valence-electron chi connectivity index (χ3n) is 6.25. The van der Waals surface area contributed by atoms with E-state index >= 15 is 0 Å². The van der Waals surface area contributed by atoms with Crippen LogP contribution in [0.15, 0.2) is 30.3 Å². The molecule has 132 valence electrons. The number of likely N-dealkylation sites (tertiary alicyclic amines) is 1. The van der Waals surface area contributed by atoms with Gasteiger partial charge in [0.15, 0.2) is 0 Å². The van der Waals surface area contributed by atoms with Crippen LogP contribution in [0.3, 0.4) is 0 Å². The summed E-state index contributed by atoms with van der Waals surface area (Å²) >= 11 is 0. The first-order valence-corrected chi connectivity index (χ1v) is 12.6. The number of rotatable bonds is 3. The van der Waals surface area contributed by atoms with Crippen LogP contribution < -0.4 is 5.19 Å². The lowest BCUT2D eigenvalue weighted by molar-refractivity contribution is 0.0271. The number of carbonyl (C=O) groups is 1. The zero-order valence-electron chi connectivity index (χ0n) is 15.3. The molecule has 0 aromatic heterocycles. The Morgan fingerprint density at radius 3 is 2.62 bits per heavy atom. The van der Waals surface area contributed by atoms with Crippen LogP contribution in [0, 0.1) is 11.8 Å². The van der Waals surface area contributed by atoms with E-state index in [-0.39, 0.29) is 6.09 Å². The summed E-state index contributed by atoms with van der Waals surface area (Å²) in [7, 11) is 0.0762. The van der Waals surface area contributed by atoms with Crippen molar-refractivity contribution in [2.24, 2.45) is 11.8 Å². The maximum absolute atomic E-state index is 12.1. The van der Waals surface area contributed by atoms with Gasteiger partial charge in [-0.2, -0.15) is 0 Å². The molecule has 1 amide bonds. The molecule has 1 aromatic rings. The number of benzene rings is 1. The van der Waals surface area contributed by atoms with Crippen LogP contribution in [0.5, 0.6) is 0 Å². The van der Waals surface area contributed by atoms with Gasteiger partial charge in [0.25, 0.3) is 0 Å². The molecule has 1 heterocycles. The third-order valence-corrected chi connectivity index (χ3v) is 9.69. The summed E-state index contributed by atoms with van der Waals surface area (Å²) in [5, 5.41) is 1.56. The molecule has 3 nitrogen and oxygen atoms in total. The molecule has 0 radical (unpaired) electrons. The van der Waals surface area contributed by atoms with Gasteiger partial charge in [-0.05, 0) is 31.1 Å². The fourth-order valence-electron chi connectivity index (χ4n) is 5.07. The van der Waals surface area contributed by atoms with E-state index in [2.05, 4.69) is 43.4 Å². The van der Waals surface area contributed by atoms with Gasteiger partial charge in [0.2, 0.25) is 0 Å². The molecule has 1 saturated carbocycles. The molecule has 1 aliphatic carbocycles. The molecule has 2 fully saturated rings. The predicted octanol–water partition coefficient (Wildman–Crippen LogP) is 4.25. The van der Waals surface area contributed by atoms with E-state index in [1.165, 1.54) is 32.4 Å². The van der Waals surface area contributed by atoms with Crippen molar-refractivity contribution in [1.82, 2.24) is 4.90 Å². The highest BCUT2D eigenvalue weighted by Gasteiger charge is 2.43. The number of piperidine rings is 1. The highest BCUT2D eigenvalue weighted by Crippen LogP contribution is 2.43. The average Bonchev–Trinajstić information content (AvgIpc) is 2.61. The number of hydrogen-bond donors (Lipinski definition) is 0. The second-order valence-corrected chi connectivity index (χ2v) is 12.9. The van der Waals surface area contributed by atoms with Gasteiger partial charge < -0.3 is 9.64 Å². The van der Waals surface area contributed by atoms with E-state index in [1.807, 2.05) is 4.90 Å². The second kappa shape index (κ2) is 7.30. The predicted molar refractivity (Wildman–Crippen MR) is 101 cm³/mol. The number of carbonyl (C=O) groups excluding carboxylic acids is 1. The van der Waals surface area contributed by atoms with E-state index in [9.17, 15) is 4.79 Å². The molecule has 3 rings (SSSR count). The zero-order valence-corrected chi connectivity index (χ0v) is 16.3. The Balaban J connectivity index is 1.75. The van der Waals surface area contributed by atoms with Crippen LogP contribution >= 0.6 is 0 Å². The van der Waals surface area contributed by atoms with Crippen LogP contribution in [0.4, 0.5) is 4.79 Å². The first kappa shape index (κ1) is 17.5. The Labute approximate surface area is 147 Å². The molecule has 24 heavy (non-hydrogen) atoms. The molecule has 0 spiro atoms. The number of amides is 1. The minimum atomic E-state index is -1.44. The summed E-state index contributed by atoms with van der Waals surface area (Å²) in [6.45, 7) is 5.89. The number of methoxy groups -OCH3 is 1. The van der Waals surface area contributed by atoms with E-state index in [1.54, 1.807) is 5.19 Å². The summed E-state index contributed by atoms with van der Waals surface area (Å²) < 4.78 is 5.04. The molecule has 0 bridgehead atoms. The minimum Gasteiger partial charge on any atom is -0.453 e. The van der Waals surface area contributed by atoms with Crippen molar-refractivity contribution in [3.8, 4) is 0 Å². The van der Waals surface area contributed by atoms with Crippen LogP contribution in [0.2, 0.25) is 19.1 Å². The van der Waals surface area contributed by atoms with Crippen LogP contribution in [-0.2, 0) is 4.74 Å². The summed E-state index contributed by atoms with van der Waals surface area (Å²) in [5.41, 5.74) is 0. The SMILES string of the molecule is COC(=O)N1CCC[C@H]2[C@H](C[Si](C)(C)c3ccccc3)CCC[C@H]21. The first-order valence-electron chi connectivity index (χ1n) is 9.43. The normalized spacial score (nSPS) is 27.5. The van der Waals surface area contributed by atoms with Crippen molar-refractivity contribution in [3.63, 3.8) is 0 Å². The van der Waals surface area contributed by atoms with Gasteiger partial charge in [0.05, 0.1) is 15.2 Å². The Kier molecular flexibility index (Phi) is 5.33. The van der Waals surface area contributed by atoms with Gasteiger partial charge in [-0.15, -0.1) is 0 Å². The smallest absolute Gasteiger partial charge is 0.409 e. The van der Waals surface area contributed by atoms with Gasteiger partial charge in [0, 0.05) is 12.6 Å². The monoisotopic (exact) mass is 345 g/mol. The molecule has 3 atom stereocenters. The van der Waals surface area contributed by atoms with Crippen LogP contribution in [0.25, 0.3) is 0 Å². The molecular formula is C20H31NO2Si. The molecule has 0 N–H and O–H groups in total. The third kappa shape index (κ3) is 3.53. The van der Waals surface area contributed by atoms with Gasteiger partial charge in [-0.3, -0.25) is 0 Å². The van der Waals surface area contributed by atoms with Crippen molar-refractivity contribution >= 4 is 19.4 Å². The Morgan fingerprint density at radius 2 is 1.92 bits per heavy atom. The first-order chi connectivity index (χ1) is 11.5. The summed E-state index contributed by atoms with van der Waals surface area (Å²) in [5.74, 6) is 1.43. The van der Waals surface area contributed by atoms with Gasteiger partial charge in [0.1, 0.15) is 0 Å². The molecule has 0 unspecified atom stereocenters. The molecular weight excluding hydrogens is 314 g/mol. The highest BCUT2D eigenvalue weighted by atomic mass is 28.3. The number of fused-ring (bicyclic) bond motifs is 1. The Hall–Kier alpha value is -1.29. The van der Waals surface area contributed by atoms with Crippen molar-refractivity contribution in [2.75, 3.05) is 13.7 Å². The zero-order chi connectivity index (χ0) is 17.2. The number of nitrogens with zero attached hydrogens (tertiary/aromatic N) is 1. The minimum absolute atomic E-state index is 0.120. The Bertz CT molecular complexity index is 560. The van der Waals surface area contributed by atoms with Crippen molar-refractivity contribution in [2.45, 2.75) is 57.3 Å². The summed E-state index contributed by atoms with van der Waals surface area (Å²) in [4.78, 5) is 14.2. The number of ether oxygens (including phenoxy) is 1. The van der Waals surface area contributed by atoms with Crippen molar-refractivity contribution < 1.29 is 9.53 Å². The van der Waals surface area contributed by atoms with E-state index in [0.717, 1.165) is 25.3 Å². The quantitative estimate of drug-likeness (QED) is 0.767. The van der Waals surface area contributed by atoms with Crippen molar-refractivity contribution in [1.29, 1.82) is 0 Å². The molecule has 1 saturated heterocycles. The molecule has 2 aliphatic rings. The van der Waals surface area contributed by atoms with Gasteiger partial charge >= 0.3 is 6.09 Å². The largest absolute Gasteiger partial charge is 0.453 e. The van der Waals surface area contributed by atoms with Gasteiger partial charge in [-0.25, -0.2) is 4.79 Å². The lowest BCUT2D eigenvalue weighted by Crippen LogP contribution is -2.54. The van der Waals surface area contributed by atoms with E-state index < -0.39 is 8.07 Å². The van der Waals surface area contributed by atoms with Gasteiger partial charge in [-0.1, -0.05) is 67.5 Å². The summed E-state index contributed by atoms with van der Waals surface area (Å²) in [6.07, 6.45) is 6.02. The van der Waals surface area contributed by atoms with E-state index in [4.69, 9.17) is 4.74 Å².